The van der Waals surface area contributed by atoms with Gasteiger partial charge in [-0.25, -0.2) is 0 Å². The van der Waals surface area contributed by atoms with Crippen molar-refractivity contribution in [3.8, 4) is 11.5 Å². The van der Waals surface area contributed by atoms with E-state index in [-0.39, 0.29) is 25.8 Å². The minimum atomic E-state index is 0. The zero-order valence-corrected chi connectivity index (χ0v) is 10.4. The molecule has 2 aliphatic heterocycles. The Labute approximate surface area is 110 Å². The van der Waals surface area contributed by atoms with Crippen molar-refractivity contribution >= 4 is 35.9 Å². The molecule has 92 valence electrons. The molecule has 0 spiro atoms. The highest BCUT2D eigenvalue weighted by Crippen LogP contribution is 2.41. The molecule has 2 aliphatic rings. The van der Waals surface area contributed by atoms with Gasteiger partial charge in [0.1, 0.15) is 0 Å². The molecule has 6 heteroatoms. The monoisotopic (exact) mass is 275 g/mol. The van der Waals surface area contributed by atoms with Gasteiger partial charge in [0.2, 0.25) is 6.79 Å². The van der Waals surface area contributed by atoms with Gasteiger partial charge in [-0.05, 0) is 17.7 Å². The molecule has 0 unspecified atom stereocenters. The van der Waals surface area contributed by atoms with Crippen LogP contribution in [0.2, 0.25) is 0 Å². The Morgan fingerprint density at radius 3 is 2.71 bits per heavy atom. The third-order valence-electron chi connectivity index (χ3n) is 2.69. The molecule has 0 atom stereocenters. The molecule has 0 radical (unpaired) electrons. The fourth-order valence-electron chi connectivity index (χ4n) is 1.90. The van der Waals surface area contributed by atoms with Crippen LogP contribution >= 0.6 is 24.2 Å². The lowest BCUT2D eigenvalue weighted by atomic mass is 10.0. The lowest BCUT2D eigenvalue weighted by Crippen LogP contribution is -2.20. The number of hydrogen-bond donors (Lipinski definition) is 1. The maximum Gasteiger partial charge on any atom is 0.231 e. The van der Waals surface area contributed by atoms with Gasteiger partial charge in [0.25, 0.3) is 0 Å². The molecule has 3 rings (SSSR count). The number of aliphatic hydroxyl groups is 1. The molecule has 1 N–H and O–H groups in total. The zero-order chi connectivity index (χ0) is 11.1. The molecule has 17 heavy (non-hydrogen) atoms. The van der Waals surface area contributed by atoms with E-state index in [0.717, 1.165) is 22.6 Å². The maximum atomic E-state index is 9.12. The van der Waals surface area contributed by atoms with E-state index < -0.39 is 0 Å². The van der Waals surface area contributed by atoms with E-state index in [4.69, 9.17) is 26.4 Å². The average molecular weight is 276 g/mol. The summed E-state index contributed by atoms with van der Waals surface area (Å²) in [4.78, 5) is 0. The summed E-state index contributed by atoms with van der Waals surface area (Å²) in [5.74, 6) is 1.43. The van der Waals surface area contributed by atoms with Gasteiger partial charge in [-0.15, -0.1) is 12.4 Å². The van der Waals surface area contributed by atoms with Crippen molar-refractivity contribution in [2.75, 3.05) is 24.4 Å². The van der Waals surface area contributed by atoms with Gasteiger partial charge < -0.3 is 14.6 Å². The Morgan fingerprint density at radius 1 is 1.29 bits per heavy atom. The van der Waals surface area contributed by atoms with Crippen molar-refractivity contribution in [3.63, 3.8) is 0 Å². The number of nitrogens with zero attached hydrogens (tertiary/aromatic N) is 1. The van der Waals surface area contributed by atoms with Gasteiger partial charge in [0, 0.05) is 23.4 Å². The molecule has 0 saturated carbocycles. The second kappa shape index (κ2) is 4.64. The van der Waals surface area contributed by atoms with Crippen LogP contribution in [0.25, 0.3) is 6.08 Å². The molecule has 0 amide bonds. The molecule has 0 saturated heterocycles. The van der Waals surface area contributed by atoms with Crippen LogP contribution in [0.5, 0.6) is 11.5 Å². The standard InChI is InChI=1S/C11H10ClNO3.ClH/c12-13-4-7(5-14)1-8-2-10-11(3-9(8)13)16-6-15-10;/h1-3,14H,4-6H2;1H. The lowest BCUT2D eigenvalue weighted by molar-refractivity contribution is 0.174. The number of aliphatic hydroxyl groups excluding tert-OH is 1. The highest BCUT2D eigenvalue weighted by molar-refractivity contribution is 6.26. The van der Waals surface area contributed by atoms with Crippen LogP contribution < -0.4 is 13.9 Å². The van der Waals surface area contributed by atoms with Crippen LogP contribution in [0, 0.1) is 0 Å². The molecular weight excluding hydrogens is 265 g/mol. The van der Waals surface area contributed by atoms with Crippen LogP contribution in [-0.4, -0.2) is 25.1 Å². The van der Waals surface area contributed by atoms with Crippen molar-refractivity contribution in [1.82, 2.24) is 0 Å². The summed E-state index contributed by atoms with van der Waals surface area (Å²) in [5.41, 5.74) is 2.69. The van der Waals surface area contributed by atoms with Crippen LogP contribution in [0.15, 0.2) is 17.7 Å². The molecule has 0 aliphatic carbocycles. The Kier molecular flexibility index (Phi) is 3.38. The fraction of sp³-hybridized carbons (Fsp3) is 0.273. The first-order valence-electron chi connectivity index (χ1n) is 4.95. The van der Waals surface area contributed by atoms with Crippen LogP contribution in [0.3, 0.4) is 0 Å². The number of fused-ring (bicyclic) bond motifs is 2. The number of ether oxygens (including phenoxy) is 2. The first-order valence-corrected chi connectivity index (χ1v) is 5.29. The van der Waals surface area contributed by atoms with E-state index >= 15 is 0 Å². The quantitative estimate of drug-likeness (QED) is 0.798. The summed E-state index contributed by atoms with van der Waals surface area (Å²) in [6.45, 7) is 0.777. The first-order chi connectivity index (χ1) is 7.78. The van der Waals surface area contributed by atoms with Crippen LogP contribution in [-0.2, 0) is 0 Å². The number of halogens is 2. The fourth-order valence-corrected chi connectivity index (χ4v) is 2.20. The second-order valence-corrected chi connectivity index (χ2v) is 4.15. The molecule has 2 heterocycles. The van der Waals surface area contributed by atoms with Crippen molar-refractivity contribution in [1.29, 1.82) is 0 Å². The minimum Gasteiger partial charge on any atom is -0.454 e. The van der Waals surface area contributed by atoms with Gasteiger partial charge in [0.05, 0.1) is 18.8 Å². The summed E-state index contributed by atoms with van der Waals surface area (Å²) in [5, 5.41) is 9.12. The normalized spacial score (nSPS) is 16.1. The van der Waals surface area contributed by atoms with Gasteiger partial charge in [-0.3, -0.25) is 4.42 Å². The molecule has 1 aromatic carbocycles. The smallest absolute Gasteiger partial charge is 0.231 e. The van der Waals surface area contributed by atoms with Crippen LogP contribution in [0.1, 0.15) is 5.56 Å². The van der Waals surface area contributed by atoms with Crippen molar-refractivity contribution in [2.45, 2.75) is 0 Å². The third kappa shape index (κ3) is 2.04. The van der Waals surface area contributed by atoms with Gasteiger partial charge in [-0.2, -0.15) is 0 Å². The molecule has 1 aromatic rings. The summed E-state index contributed by atoms with van der Waals surface area (Å²) >= 11 is 6.11. The minimum absolute atomic E-state index is 0. The predicted octanol–water partition coefficient (Wildman–Crippen LogP) is 2.19. The Hall–Kier alpha value is -1.10. The summed E-state index contributed by atoms with van der Waals surface area (Å²) in [6.07, 6.45) is 1.93. The molecule has 0 aromatic heterocycles. The lowest BCUT2D eigenvalue weighted by Gasteiger charge is -2.24. The second-order valence-electron chi connectivity index (χ2n) is 3.75. The van der Waals surface area contributed by atoms with Crippen molar-refractivity contribution in [2.24, 2.45) is 0 Å². The van der Waals surface area contributed by atoms with E-state index in [1.807, 2.05) is 18.2 Å². The highest BCUT2D eigenvalue weighted by atomic mass is 35.5. The number of anilines is 1. The van der Waals surface area contributed by atoms with Crippen LogP contribution in [0.4, 0.5) is 5.69 Å². The van der Waals surface area contributed by atoms with Crippen molar-refractivity contribution in [3.05, 3.63) is 23.3 Å². The first kappa shape index (κ1) is 12.4. The number of rotatable bonds is 1. The topological polar surface area (TPSA) is 41.9 Å². The molecular formula is C11H11Cl2NO3. The summed E-state index contributed by atoms with van der Waals surface area (Å²) in [7, 11) is 0. The van der Waals surface area contributed by atoms with Gasteiger partial charge >= 0.3 is 0 Å². The molecule has 4 nitrogen and oxygen atoms in total. The summed E-state index contributed by atoms with van der Waals surface area (Å²) < 4.78 is 12.2. The maximum absolute atomic E-state index is 9.12. The SMILES string of the molecule is Cl.OCC1=Cc2cc3c(cc2N(Cl)C1)OCO3. The van der Waals surface area contributed by atoms with E-state index in [1.165, 1.54) is 0 Å². The largest absolute Gasteiger partial charge is 0.454 e. The summed E-state index contributed by atoms with van der Waals surface area (Å²) in [6, 6.07) is 3.73. The van der Waals surface area contributed by atoms with E-state index in [2.05, 4.69) is 0 Å². The highest BCUT2D eigenvalue weighted by Gasteiger charge is 2.22. The van der Waals surface area contributed by atoms with Gasteiger partial charge in [-0.1, -0.05) is 0 Å². The zero-order valence-electron chi connectivity index (χ0n) is 8.85. The number of benzene rings is 1. The molecule has 0 bridgehead atoms. The number of hydrogen-bond acceptors (Lipinski definition) is 4. The van der Waals surface area contributed by atoms with Crippen molar-refractivity contribution < 1.29 is 14.6 Å². The predicted molar refractivity (Wildman–Crippen MR) is 68.1 cm³/mol. The average Bonchev–Trinajstić information content (AvgIpc) is 2.73. The van der Waals surface area contributed by atoms with E-state index in [1.54, 1.807) is 4.42 Å². The Morgan fingerprint density at radius 2 is 2.00 bits per heavy atom. The molecule has 0 fully saturated rings. The Bertz CT molecular complexity index is 476. The van der Waals surface area contributed by atoms with Gasteiger partial charge in [0.15, 0.2) is 11.5 Å². The Balaban J connectivity index is 0.00000108. The van der Waals surface area contributed by atoms with E-state index in [0.29, 0.717) is 12.3 Å². The third-order valence-corrected chi connectivity index (χ3v) is 2.99. The van der Waals surface area contributed by atoms with E-state index in [9.17, 15) is 0 Å².